The maximum atomic E-state index is 11.6. The fourth-order valence-corrected chi connectivity index (χ4v) is 4.10. The van der Waals surface area contributed by atoms with E-state index in [0.717, 1.165) is 34.2 Å². The van der Waals surface area contributed by atoms with Crippen LogP contribution in [0, 0.1) is 6.92 Å². The van der Waals surface area contributed by atoms with Crippen LogP contribution in [-0.2, 0) is 6.42 Å². The molecule has 8 heteroatoms. The van der Waals surface area contributed by atoms with Gasteiger partial charge in [0.05, 0.1) is 0 Å². The summed E-state index contributed by atoms with van der Waals surface area (Å²) in [4.78, 5) is 18.9. The maximum Gasteiger partial charge on any atom is 0.254 e. The van der Waals surface area contributed by atoms with Gasteiger partial charge in [0.25, 0.3) is 5.91 Å². The number of amides is 1. The van der Waals surface area contributed by atoms with E-state index in [2.05, 4.69) is 29.1 Å². The summed E-state index contributed by atoms with van der Waals surface area (Å²) < 4.78 is 11.7. The molecule has 0 saturated heterocycles. The molecule has 188 valence electrons. The van der Waals surface area contributed by atoms with Crippen LogP contribution in [0.4, 0.5) is 0 Å². The van der Waals surface area contributed by atoms with E-state index >= 15 is 0 Å². The van der Waals surface area contributed by atoms with Gasteiger partial charge in [0.2, 0.25) is 5.88 Å². The number of carbonyl (C=O) groups excluding carboxylic acids is 1. The lowest BCUT2D eigenvalue weighted by atomic mass is 9.94. The van der Waals surface area contributed by atoms with Crippen molar-refractivity contribution in [1.82, 2.24) is 15.3 Å². The normalized spacial score (nSPS) is 12.4. The number of aryl methyl sites for hydroxylation is 1. The lowest BCUT2D eigenvalue weighted by molar-refractivity contribution is 0.0995. The lowest BCUT2D eigenvalue weighted by Gasteiger charge is -2.28. The second-order valence-electron chi connectivity index (χ2n) is 9.52. The summed E-state index contributed by atoms with van der Waals surface area (Å²) in [5, 5.41) is 15.0. The number of aliphatic hydroxyl groups excluding tert-OH is 1. The van der Waals surface area contributed by atoms with Gasteiger partial charge in [0, 0.05) is 35.4 Å². The topological polar surface area (TPSA) is 122 Å². The van der Waals surface area contributed by atoms with Crippen LogP contribution >= 0.6 is 0 Å². The van der Waals surface area contributed by atoms with Crippen LogP contribution in [0.15, 0.2) is 67.0 Å². The number of carbonyl (C=O) groups is 1. The van der Waals surface area contributed by atoms with Crippen molar-refractivity contribution in [2.45, 2.75) is 38.8 Å². The molecule has 4 rings (SSSR count). The molecule has 2 aromatic heterocycles. The SMILES string of the molecule is Cc1c[nH]c2cccc(OCC(O)CNC(C)(C)Cc3ccc(Oc4ncccc4C(N)=O)cc3)c12. The number of rotatable bonds is 11. The Hall–Kier alpha value is -3.88. The van der Waals surface area contributed by atoms with Gasteiger partial charge in [-0.2, -0.15) is 0 Å². The lowest BCUT2D eigenvalue weighted by Crippen LogP contribution is -2.46. The number of nitrogens with two attached hydrogens (primary N) is 1. The molecule has 2 aromatic carbocycles. The zero-order chi connectivity index (χ0) is 25.7. The zero-order valence-corrected chi connectivity index (χ0v) is 20.7. The van der Waals surface area contributed by atoms with Crippen LogP contribution in [0.3, 0.4) is 0 Å². The molecule has 0 aliphatic carbocycles. The first kappa shape index (κ1) is 25.2. The Morgan fingerprint density at radius 1 is 1.17 bits per heavy atom. The number of nitrogens with zero attached hydrogens (tertiary/aromatic N) is 1. The van der Waals surface area contributed by atoms with Crippen molar-refractivity contribution in [2.24, 2.45) is 5.73 Å². The smallest absolute Gasteiger partial charge is 0.254 e. The van der Waals surface area contributed by atoms with Gasteiger partial charge in [0.15, 0.2) is 0 Å². The third-order valence-corrected chi connectivity index (χ3v) is 5.93. The van der Waals surface area contributed by atoms with Crippen molar-refractivity contribution in [3.8, 4) is 17.4 Å². The molecule has 8 nitrogen and oxygen atoms in total. The maximum absolute atomic E-state index is 11.6. The molecule has 2 heterocycles. The monoisotopic (exact) mass is 488 g/mol. The van der Waals surface area contributed by atoms with Gasteiger partial charge in [-0.3, -0.25) is 4.79 Å². The van der Waals surface area contributed by atoms with E-state index in [0.29, 0.717) is 12.3 Å². The summed E-state index contributed by atoms with van der Waals surface area (Å²) in [6.45, 7) is 6.79. The second-order valence-corrected chi connectivity index (χ2v) is 9.52. The number of aliphatic hydroxyl groups is 1. The predicted molar refractivity (Wildman–Crippen MR) is 140 cm³/mol. The van der Waals surface area contributed by atoms with Gasteiger partial charge in [-0.25, -0.2) is 4.98 Å². The fourth-order valence-electron chi connectivity index (χ4n) is 4.10. The first-order valence-corrected chi connectivity index (χ1v) is 11.9. The molecule has 1 unspecified atom stereocenters. The quantitative estimate of drug-likeness (QED) is 0.252. The average molecular weight is 489 g/mol. The summed E-state index contributed by atoms with van der Waals surface area (Å²) in [6.07, 6.45) is 3.57. The highest BCUT2D eigenvalue weighted by Crippen LogP contribution is 2.28. The van der Waals surface area contributed by atoms with Crippen LogP contribution in [0.25, 0.3) is 10.9 Å². The molecular weight excluding hydrogens is 456 g/mol. The van der Waals surface area contributed by atoms with Gasteiger partial charge in [-0.1, -0.05) is 18.2 Å². The van der Waals surface area contributed by atoms with Gasteiger partial charge in [-0.05, 0) is 74.7 Å². The van der Waals surface area contributed by atoms with E-state index in [-0.39, 0.29) is 23.6 Å². The van der Waals surface area contributed by atoms with Crippen LogP contribution in [0.2, 0.25) is 0 Å². The second kappa shape index (κ2) is 10.8. The number of aromatic nitrogens is 2. The van der Waals surface area contributed by atoms with Crippen LogP contribution in [0.5, 0.6) is 17.4 Å². The Balaban J connectivity index is 1.28. The number of aromatic amines is 1. The minimum absolute atomic E-state index is 0.179. The highest BCUT2D eigenvalue weighted by molar-refractivity contribution is 5.95. The number of benzene rings is 2. The van der Waals surface area contributed by atoms with Crippen molar-refractivity contribution >= 4 is 16.8 Å². The van der Waals surface area contributed by atoms with Gasteiger partial charge in [0.1, 0.15) is 29.8 Å². The highest BCUT2D eigenvalue weighted by Gasteiger charge is 2.20. The number of H-pyrrole nitrogens is 1. The number of ether oxygens (including phenoxy) is 2. The number of β-amino-alcohol motifs (C(OH)–C–C–N with tert-alkyl or cyclic N) is 1. The third kappa shape index (κ3) is 6.21. The number of pyridine rings is 1. The molecule has 0 aliphatic rings. The molecule has 0 aliphatic heterocycles. The Bertz CT molecular complexity index is 1330. The minimum Gasteiger partial charge on any atom is -0.490 e. The first-order valence-electron chi connectivity index (χ1n) is 11.9. The summed E-state index contributed by atoms with van der Waals surface area (Å²) in [6, 6.07) is 16.7. The van der Waals surface area contributed by atoms with Crippen molar-refractivity contribution in [2.75, 3.05) is 13.2 Å². The molecule has 0 spiro atoms. The molecule has 0 bridgehead atoms. The zero-order valence-electron chi connectivity index (χ0n) is 20.7. The van der Waals surface area contributed by atoms with Crippen LogP contribution < -0.4 is 20.5 Å². The molecule has 1 atom stereocenters. The Morgan fingerprint density at radius 3 is 2.69 bits per heavy atom. The van der Waals surface area contributed by atoms with E-state index in [4.69, 9.17) is 15.2 Å². The molecule has 0 fully saturated rings. The van der Waals surface area contributed by atoms with Gasteiger partial charge >= 0.3 is 0 Å². The van der Waals surface area contributed by atoms with E-state index in [9.17, 15) is 9.90 Å². The largest absolute Gasteiger partial charge is 0.490 e. The van der Waals surface area contributed by atoms with Crippen molar-refractivity contribution < 1.29 is 19.4 Å². The number of fused-ring (bicyclic) bond motifs is 1. The summed E-state index contributed by atoms with van der Waals surface area (Å²) in [7, 11) is 0. The molecule has 5 N–H and O–H groups in total. The molecule has 36 heavy (non-hydrogen) atoms. The van der Waals surface area contributed by atoms with Crippen molar-refractivity contribution in [1.29, 1.82) is 0 Å². The molecule has 1 amide bonds. The molecular formula is C28H32N4O4. The van der Waals surface area contributed by atoms with Gasteiger partial charge < -0.3 is 30.6 Å². The minimum atomic E-state index is -0.660. The van der Waals surface area contributed by atoms with E-state index in [1.165, 1.54) is 0 Å². The van der Waals surface area contributed by atoms with E-state index in [1.807, 2.05) is 55.6 Å². The Labute approximate surface area is 210 Å². The van der Waals surface area contributed by atoms with E-state index < -0.39 is 12.0 Å². The number of hydrogen-bond acceptors (Lipinski definition) is 6. The van der Waals surface area contributed by atoms with Crippen molar-refractivity contribution in [3.63, 3.8) is 0 Å². The van der Waals surface area contributed by atoms with Crippen LogP contribution in [-0.4, -0.2) is 45.8 Å². The number of nitrogens with one attached hydrogen (secondary N) is 2. The fraction of sp³-hybridized carbons (Fsp3) is 0.286. The van der Waals surface area contributed by atoms with Crippen LogP contribution in [0.1, 0.15) is 35.3 Å². The molecule has 0 saturated carbocycles. The van der Waals surface area contributed by atoms with Gasteiger partial charge in [-0.15, -0.1) is 0 Å². The Kier molecular flexibility index (Phi) is 7.57. The summed E-state index contributed by atoms with van der Waals surface area (Å²) >= 11 is 0. The highest BCUT2D eigenvalue weighted by atomic mass is 16.5. The first-order chi connectivity index (χ1) is 17.2. The third-order valence-electron chi connectivity index (χ3n) is 5.93. The summed E-state index contributed by atoms with van der Waals surface area (Å²) in [5.74, 6) is 0.914. The number of primary amides is 1. The van der Waals surface area contributed by atoms with Crippen molar-refractivity contribution in [3.05, 3.63) is 83.7 Å². The average Bonchev–Trinajstić information content (AvgIpc) is 3.24. The van der Waals surface area contributed by atoms with E-state index in [1.54, 1.807) is 18.3 Å². The standard InChI is InChI=1S/C28H32N4O4/c1-18-15-31-23-7-4-8-24(25(18)23)35-17-20(33)16-32-28(2,3)14-19-9-11-21(12-10-19)36-27-22(26(29)34)6-5-13-30-27/h4-13,15,20,31-33H,14,16-17H2,1-3H3,(H2,29,34). The predicted octanol–water partition coefficient (Wildman–Crippen LogP) is 4.11. The summed E-state index contributed by atoms with van der Waals surface area (Å²) in [5.41, 5.74) is 8.58. The molecule has 0 radical (unpaired) electrons. The number of hydrogen-bond donors (Lipinski definition) is 4. The molecule has 4 aromatic rings. The Morgan fingerprint density at radius 2 is 1.94 bits per heavy atom.